The first kappa shape index (κ1) is 15.5. The lowest BCUT2D eigenvalue weighted by Crippen LogP contribution is -2.40. The Morgan fingerprint density at radius 3 is 2.52 bits per heavy atom. The third-order valence-corrected chi connectivity index (χ3v) is 3.02. The minimum absolute atomic E-state index is 0.102. The van der Waals surface area contributed by atoms with Crippen molar-refractivity contribution < 1.29 is 0 Å². The van der Waals surface area contributed by atoms with Crippen LogP contribution >= 0.6 is 15.9 Å². The molecule has 1 aromatic carbocycles. The van der Waals surface area contributed by atoms with Gasteiger partial charge in [-0.2, -0.15) is 0 Å². The van der Waals surface area contributed by atoms with Crippen molar-refractivity contribution in [2.24, 2.45) is 0 Å². The Morgan fingerprint density at radius 2 is 1.86 bits per heavy atom. The van der Waals surface area contributed by atoms with Crippen LogP contribution in [0.2, 0.25) is 0 Å². The van der Waals surface area contributed by atoms with Gasteiger partial charge in [0.25, 0.3) is 0 Å². The lowest BCUT2D eigenvalue weighted by Gasteiger charge is -2.22. The maximum atomic E-state index is 6.10. The van der Waals surface area contributed by atoms with Crippen molar-refractivity contribution in [2.75, 3.05) is 16.5 Å². The number of hydrogen-bond acceptors (Lipinski definition) is 6. The fraction of sp³-hybridized carbons (Fsp3) is 0.286. The first-order chi connectivity index (χ1) is 9.85. The van der Waals surface area contributed by atoms with E-state index in [0.29, 0.717) is 17.3 Å². The second kappa shape index (κ2) is 6.28. The zero-order valence-corrected chi connectivity index (χ0v) is 13.8. The number of hydrazine groups is 1. The topological polar surface area (TPSA) is 87.9 Å². The minimum Gasteiger partial charge on any atom is -0.393 e. The summed E-state index contributed by atoms with van der Waals surface area (Å²) >= 11 is 3.43. The summed E-state index contributed by atoms with van der Waals surface area (Å²) in [6.07, 6.45) is 1.46. The van der Waals surface area contributed by atoms with Crippen molar-refractivity contribution in [3.63, 3.8) is 0 Å². The molecule has 7 heteroatoms. The van der Waals surface area contributed by atoms with Crippen LogP contribution in [0.25, 0.3) is 0 Å². The fourth-order valence-electron chi connectivity index (χ4n) is 1.54. The number of halogens is 1. The molecule has 0 unspecified atom stereocenters. The summed E-state index contributed by atoms with van der Waals surface area (Å²) in [5.41, 5.74) is 13.5. The second-order valence-electron chi connectivity index (χ2n) is 5.62. The maximum Gasteiger partial charge on any atom is 0.169 e. The third kappa shape index (κ3) is 4.57. The number of hydrogen-bond donors (Lipinski definition) is 4. The van der Waals surface area contributed by atoms with Crippen LogP contribution in [0, 0.1) is 0 Å². The molecule has 0 aliphatic carbocycles. The Labute approximate surface area is 132 Å². The Hall–Kier alpha value is -1.86. The summed E-state index contributed by atoms with van der Waals surface area (Å²) in [7, 11) is 0. The third-order valence-electron chi connectivity index (χ3n) is 2.53. The number of aromatic nitrogens is 2. The lowest BCUT2D eigenvalue weighted by atomic mass is 10.1. The molecule has 21 heavy (non-hydrogen) atoms. The molecule has 1 aromatic heterocycles. The predicted molar refractivity (Wildman–Crippen MR) is 90.4 cm³/mol. The van der Waals surface area contributed by atoms with Gasteiger partial charge in [-0.25, -0.2) is 15.4 Å². The Balaban J connectivity index is 2.17. The highest BCUT2D eigenvalue weighted by molar-refractivity contribution is 9.10. The summed E-state index contributed by atoms with van der Waals surface area (Å²) in [6, 6.07) is 7.77. The molecule has 112 valence electrons. The normalized spacial score (nSPS) is 11.2. The zero-order valence-electron chi connectivity index (χ0n) is 12.2. The minimum atomic E-state index is -0.102. The molecule has 0 fully saturated rings. The van der Waals surface area contributed by atoms with Gasteiger partial charge in [0.2, 0.25) is 0 Å². The van der Waals surface area contributed by atoms with E-state index in [1.165, 1.54) is 6.33 Å². The van der Waals surface area contributed by atoms with Crippen LogP contribution in [0.3, 0.4) is 0 Å². The largest absolute Gasteiger partial charge is 0.393 e. The van der Waals surface area contributed by atoms with E-state index in [4.69, 9.17) is 5.73 Å². The Bertz CT molecular complexity index is 623. The van der Waals surface area contributed by atoms with E-state index in [1.54, 1.807) is 0 Å². The average molecular weight is 351 g/mol. The van der Waals surface area contributed by atoms with Gasteiger partial charge in [-0.15, -0.1) is 0 Å². The molecular formula is C14H19BrN6. The van der Waals surface area contributed by atoms with Crippen molar-refractivity contribution in [1.29, 1.82) is 0 Å². The van der Waals surface area contributed by atoms with Gasteiger partial charge in [0, 0.05) is 15.7 Å². The SMILES string of the molecule is CC(C)(C)NNc1ncnc(Nc2cccc(Br)c2)c1N. The number of nitrogens with zero attached hydrogens (tertiary/aromatic N) is 2. The quantitative estimate of drug-likeness (QED) is 0.633. The lowest BCUT2D eigenvalue weighted by molar-refractivity contribution is 0.464. The number of anilines is 4. The van der Waals surface area contributed by atoms with Crippen LogP contribution in [0.15, 0.2) is 35.1 Å². The van der Waals surface area contributed by atoms with Crippen LogP contribution in [-0.2, 0) is 0 Å². The molecule has 0 aliphatic heterocycles. The van der Waals surface area contributed by atoms with Crippen molar-refractivity contribution in [2.45, 2.75) is 26.3 Å². The molecular weight excluding hydrogens is 332 g/mol. The first-order valence-electron chi connectivity index (χ1n) is 6.51. The number of nitrogens with one attached hydrogen (secondary N) is 3. The molecule has 6 nitrogen and oxygen atoms in total. The van der Waals surface area contributed by atoms with E-state index in [2.05, 4.69) is 42.1 Å². The van der Waals surface area contributed by atoms with Crippen molar-refractivity contribution in [3.8, 4) is 0 Å². The van der Waals surface area contributed by atoms with Crippen LogP contribution in [0.4, 0.5) is 23.0 Å². The maximum absolute atomic E-state index is 6.10. The van der Waals surface area contributed by atoms with Crippen LogP contribution in [0.1, 0.15) is 20.8 Å². The van der Waals surface area contributed by atoms with Gasteiger partial charge in [0.15, 0.2) is 11.6 Å². The van der Waals surface area contributed by atoms with Gasteiger partial charge in [-0.3, -0.25) is 0 Å². The summed E-state index contributed by atoms with van der Waals surface area (Å²) in [6.45, 7) is 6.12. The van der Waals surface area contributed by atoms with E-state index in [0.717, 1.165) is 10.2 Å². The molecule has 0 saturated carbocycles. The van der Waals surface area contributed by atoms with Gasteiger partial charge in [-0.05, 0) is 39.0 Å². The first-order valence-corrected chi connectivity index (χ1v) is 7.31. The van der Waals surface area contributed by atoms with Crippen molar-refractivity contribution >= 4 is 38.9 Å². The van der Waals surface area contributed by atoms with Crippen molar-refractivity contribution in [3.05, 3.63) is 35.1 Å². The molecule has 0 spiro atoms. The number of rotatable bonds is 4. The number of benzene rings is 1. The molecule has 0 amide bonds. The van der Waals surface area contributed by atoms with Crippen LogP contribution < -0.4 is 21.9 Å². The van der Waals surface area contributed by atoms with Gasteiger partial charge in [0.05, 0.1) is 0 Å². The molecule has 0 radical (unpaired) electrons. The van der Waals surface area contributed by atoms with Gasteiger partial charge >= 0.3 is 0 Å². The number of nitrogens with two attached hydrogens (primary N) is 1. The second-order valence-corrected chi connectivity index (χ2v) is 6.54. The number of nitrogen functional groups attached to an aromatic ring is 1. The predicted octanol–water partition coefficient (Wildman–Crippen LogP) is 3.28. The average Bonchev–Trinajstić information content (AvgIpc) is 2.39. The highest BCUT2D eigenvalue weighted by Gasteiger charge is 2.12. The van der Waals surface area contributed by atoms with E-state index >= 15 is 0 Å². The monoisotopic (exact) mass is 350 g/mol. The Morgan fingerprint density at radius 1 is 1.14 bits per heavy atom. The molecule has 0 aliphatic rings. The van der Waals surface area contributed by atoms with Crippen LogP contribution in [-0.4, -0.2) is 15.5 Å². The van der Waals surface area contributed by atoms with E-state index in [9.17, 15) is 0 Å². The molecule has 0 bridgehead atoms. The molecule has 5 N–H and O–H groups in total. The smallest absolute Gasteiger partial charge is 0.169 e. The van der Waals surface area contributed by atoms with Crippen molar-refractivity contribution in [1.82, 2.24) is 15.4 Å². The van der Waals surface area contributed by atoms with E-state index in [-0.39, 0.29) is 5.54 Å². The van der Waals surface area contributed by atoms with Gasteiger partial charge in [0.1, 0.15) is 12.0 Å². The Kier molecular flexibility index (Phi) is 4.64. The molecule has 0 atom stereocenters. The highest BCUT2D eigenvalue weighted by Crippen LogP contribution is 2.26. The summed E-state index contributed by atoms with van der Waals surface area (Å²) in [5.74, 6) is 1.10. The summed E-state index contributed by atoms with van der Waals surface area (Å²) in [4.78, 5) is 8.32. The summed E-state index contributed by atoms with van der Waals surface area (Å²) in [5, 5.41) is 3.18. The molecule has 2 rings (SSSR count). The standard InChI is InChI=1S/C14H19BrN6/c1-14(2,3)21-20-13-11(16)12(17-8-18-13)19-10-6-4-5-9(15)7-10/h4-8,21H,16H2,1-3H3,(H2,17,18,19,20). The molecule has 2 aromatic rings. The van der Waals surface area contributed by atoms with Crippen LogP contribution in [0.5, 0.6) is 0 Å². The summed E-state index contributed by atoms with van der Waals surface area (Å²) < 4.78 is 0.980. The fourth-order valence-corrected chi connectivity index (χ4v) is 1.94. The van der Waals surface area contributed by atoms with E-state index in [1.807, 2.05) is 45.0 Å². The highest BCUT2D eigenvalue weighted by atomic mass is 79.9. The molecule has 1 heterocycles. The van der Waals surface area contributed by atoms with E-state index < -0.39 is 0 Å². The zero-order chi connectivity index (χ0) is 15.5. The van der Waals surface area contributed by atoms with Gasteiger partial charge in [-0.1, -0.05) is 22.0 Å². The van der Waals surface area contributed by atoms with Gasteiger partial charge < -0.3 is 16.5 Å². The molecule has 0 saturated heterocycles.